The molecule has 142 valence electrons. The van der Waals surface area contributed by atoms with Crippen LogP contribution in [0.3, 0.4) is 0 Å². The SMILES string of the molecule is O=C(c1csc(Nc2nc3cc(C(F)(F)F)ccc3o2)n1)N1CCNCC1. The molecule has 1 aliphatic heterocycles. The number of thiazole rings is 1. The number of fused-ring (bicyclic) bond motifs is 1. The molecule has 0 bridgehead atoms. The maximum atomic E-state index is 12.8. The molecular formula is C16H14F3N5O2S. The van der Waals surface area contributed by atoms with E-state index in [1.807, 2.05) is 0 Å². The van der Waals surface area contributed by atoms with Crippen molar-refractivity contribution < 1.29 is 22.4 Å². The molecule has 0 aliphatic carbocycles. The molecule has 1 aliphatic rings. The Balaban J connectivity index is 1.51. The number of nitrogens with one attached hydrogen (secondary N) is 2. The van der Waals surface area contributed by atoms with Gasteiger partial charge in [0, 0.05) is 31.6 Å². The largest absolute Gasteiger partial charge is 0.423 e. The average molecular weight is 397 g/mol. The standard InChI is InChI=1S/C16H14F3N5O2S/c17-16(18,19)9-1-2-12-10(7-9)21-14(26-12)23-15-22-11(8-27-15)13(25)24-5-3-20-4-6-24/h1-2,7-8,20H,3-6H2,(H,21,22,23). The van der Waals surface area contributed by atoms with Crippen LogP contribution in [0.4, 0.5) is 24.3 Å². The number of anilines is 2. The lowest BCUT2D eigenvalue weighted by Crippen LogP contribution is -2.46. The monoisotopic (exact) mass is 397 g/mol. The number of hydrogen-bond donors (Lipinski definition) is 2. The van der Waals surface area contributed by atoms with Crippen molar-refractivity contribution in [2.45, 2.75) is 6.18 Å². The van der Waals surface area contributed by atoms with Gasteiger partial charge in [0.15, 0.2) is 10.7 Å². The zero-order chi connectivity index (χ0) is 19.0. The van der Waals surface area contributed by atoms with E-state index in [1.165, 1.54) is 17.4 Å². The maximum Gasteiger partial charge on any atom is 0.416 e. The van der Waals surface area contributed by atoms with Crippen LogP contribution in [-0.4, -0.2) is 47.0 Å². The molecule has 7 nitrogen and oxygen atoms in total. The van der Waals surface area contributed by atoms with Gasteiger partial charge in [-0.25, -0.2) is 4.98 Å². The molecule has 3 heterocycles. The highest BCUT2D eigenvalue weighted by Gasteiger charge is 2.31. The minimum absolute atomic E-state index is 0.0137. The van der Waals surface area contributed by atoms with E-state index in [0.717, 1.165) is 25.2 Å². The summed E-state index contributed by atoms with van der Waals surface area (Å²) in [6, 6.07) is 3.09. The van der Waals surface area contributed by atoms with Crippen molar-refractivity contribution in [1.82, 2.24) is 20.2 Å². The van der Waals surface area contributed by atoms with E-state index in [4.69, 9.17) is 4.42 Å². The van der Waals surface area contributed by atoms with Gasteiger partial charge in [0.05, 0.1) is 5.56 Å². The normalized spacial score (nSPS) is 15.3. The third-order valence-electron chi connectivity index (χ3n) is 4.06. The highest BCUT2D eigenvalue weighted by molar-refractivity contribution is 7.14. The Morgan fingerprint density at radius 3 is 2.78 bits per heavy atom. The Labute approximate surface area is 155 Å². The fourth-order valence-corrected chi connectivity index (χ4v) is 3.38. The molecule has 1 saturated heterocycles. The number of nitrogens with zero attached hydrogens (tertiary/aromatic N) is 3. The average Bonchev–Trinajstić information content (AvgIpc) is 3.27. The summed E-state index contributed by atoms with van der Waals surface area (Å²) >= 11 is 1.19. The van der Waals surface area contributed by atoms with Gasteiger partial charge in [0.25, 0.3) is 5.91 Å². The van der Waals surface area contributed by atoms with Crippen molar-refractivity contribution in [3.63, 3.8) is 0 Å². The molecule has 0 unspecified atom stereocenters. The lowest BCUT2D eigenvalue weighted by atomic mass is 10.2. The summed E-state index contributed by atoms with van der Waals surface area (Å²) in [4.78, 5) is 22.4. The third kappa shape index (κ3) is 3.74. The summed E-state index contributed by atoms with van der Waals surface area (Å²) in [6.45, 7) is 2.71. The molecule has 2 N–H and O–H groups in total. The van der Waals surface area contributed by atoms with Crippen molar-refractivity contribution in [3.05, 3.63) is 34.8 Å². The fourth-order valence-electron chi connectivity index (χ4n) is 2.71. The van der Waals surface area contributed by atoms with Crippen LogP contribution in [0.15, 0.2) is 28.0 Å². The van der Waals surface area contributed by atoms with Crippen molar-refractivity contribution in [2.24, 2.45) is 0 Å². The van der Waals surface area contributed by atoms with E-state index in [0.29, 0.717) is 23.9 Å². The number of aromatic nitrogens is 2. The first-order valence-corrected chi connectivity index (χ1v) is 8.98. The minimum atomic E-state index is -4.45. The first kappa shape index (κ1) is 17.7. The van der Waals surface area contributed by atoms with Crippen LogP contribution < -0.4 is 10.6 Å². The Morgan fingerprint density at radius 2 is 2.04 bits per heavy atom. The quantitative estimate of drug-likeness (QED) is 0.707. The molecule has 0 atom stereocenters. The van der Waals surface area contributed by atoms with Gasteiger partial charge in [0.2, 0.25) is 0 Å². The number of carbonyl (C=O) groups excluding carboxylic acids is 1. The van der Waals surface area contributed by atoms with E-state index in [2.05, 4.69) is 20.6 Å². The molecule has 11 heteroatoms. The van der Waals surface area contributed by atoms with Gasteiger partial charge < -0.3 is 14.6 Å². The number of halogens is 3. The topological polar surface area (TPSA) is 83.3 Å². The molecular weight excluding hydrogens is 383 g/mol. The summed E-state index contributed by atoms with van der Waals surface area (Å²) in [5.41, 5.74) is -0.187. The fraction of sp³-hybridized carbons (Fsp3) is 0.312. The summed E-state index contributed by atoms with van der Waals surface area (Å²) in [5.74, 6) is -0.159. The maximum absolute atomic E-state index is 12.8. The van der Waals surface area contributed by atoms with Crippen molar-refractivity contribution in [2.75, 3.05) is 31.5 Å². The zero-order valence-electron chi connectivity index (χ0n) is 13.8. The number of amides is 1. The van der Waals surface area contributed by atoms with E-state index in [-0.39, 0.29) is 23.0 Å². The first-order chi connectivity index (χ1) is 12.9. The molecule has 0 saturated carbocycles. The van der Waals surface area contributed by atoms with Crippen molar-refractivity contribution >= 4 is 39.5 Å². The molecule has 2 aromatic heterocycles. The third-order valence-corrected chi connectivity index (χ3v) is 4.81. The number of carbonyl (C=O) groups is 1. The molecule has 27 heavy (non-hydrogen) atoms. The number of rotatable bonds is 3. The van der Waals surface area contributed by atoms with E-state index >= 15 is 0 Å². The summed E-state index contributed by atoms with van der Waals surface area (Å²) < 4.78 is 43.7. The lowest BCUT2D eigenvalue weighted by molar-refractivity contribution is -0.137. The molecule has 1 aromatic carbocycles. The highest BCUT2D eigenvalue weighted by Crippen LogP contribution is 2.32. The van der Waals surface area contributed by atoms with Crippen LogP contribution in [0.25, 0.3) is 11.1 Å². The van der Waals surface area contributed by atoms with Gasteiger partial charge in [-0.05, 0) is 18.2 Å². The molecule has 3 aromatic rings. The number of piperazine rings is 1. The number of alkyl halides is 3. The molecule has 4 rings (SSSR count). The van der Waals surface area contributed by atoms with E-state index in [1.54, 1.807) is 10.3 Å². The predicted octanol–water partition coefficient (Wildman–Crippen LogP) is 3.09. The van der Waals surface area contributed by atoms with E-state index < -0.39 is 11.7 Å². The highest BCUT2D eigenvalue weighted by atomic mass is 32.1. The Kier molecular flexibility index (Phi) is 4.48. The van der Waals surface area contributed by atoms with Crippen LogP contribution in [0.5, 0.6) is 0 Å². The second-order valence-corrected chi connectivity index (χ2v) is 6.76. The smallest absolute Gasteiger partial charge is 0.416 e. The van der Waals surface area contributed by atoms with Crippen LogP contribution in [0.1, 0.15) is 16.1 Å². The summed E-state index contributed by atoms with van der Waals surface area (Å²) in [5, 5.41) is 7.96. The summed E-state index contributed by atoms with van der Waals surface area (Å²) in [6.07, 6.45) is -4.45. The van der Waals surface area contributed by atoms with Gasteiger partial charge in [-0.3, -0.25) is 10.1 Å². The Bertz CT molecular complexity index is 978. The van der Waals surface area contributed by atoms with Crippen LogP contribution >= 0.6 is 11.3 Å². The number of benzene rings is 1. The number of hydrogen-bond acceptors (Lipinski definition) is 7. The predicted molar refractivity (Wildman–Crippen MR) is 93.2 cm³/mol. The van der Waals surface area contributed by atoms with Gasteiger partial charge in [-0.2, -0.15) is 18.2 Å². The lowest BCUT2D eigenvalue weighted by Gasteiger charge is -2.26. The van der Waals surface area contributed by atoms with Gasteiger partial charge in [0.1, 0.15) is 11.2 Å². The zero-order valence-corrected chi connectivity index (χ0v) is 14.7. The second kappa shape index (κ2) is 6.82. The minimum Gasteiger partial charge on any atom is -0.423 e. The molecule has 0 spiro atoms. The van der Waals surface area contributed by atoms with Gasteiger partial charge in [-0.1, -0.05) is 0 Å². The van der Waals surface area contributed by atoms with Gasteiger partial charge >= 0.3 is 12.2 Å². The molecule has 1 fully saturated rings. The van der Waals surface area contributed by atoms with Crippen LogP contribution in [-0.2, 0) is 6.18 Å². The summed E-state index contributed by atoms with van der Waals surface area (Å²) in [7, 11) is 0. The van der Waals surface area contributed by atoms with Crippen LogP contribution in [0, 0.1) is 0 Å². The molecule has 0 radical (unpaired) electrons. The number of oxazole rings is 1. The Hall–Kier alpha value is -2.66. The van der Waals surface area contributed by atoms with Crippen LogP contribution in [0.2, 0.25) is 0 Å². The molecule has 1 amide bonds. The Morgan fingerprint density at radius 1 is 1.26 bits per heavy atom. The first-order valence-electron chi connectivity index (χ1n) is 8.10. The van der Waals surface area contributed by atoms with Gasteiger partial charge in [-0.15, -0.1) is 11.3 Å². The van der Waals surface area contributed by atoms with Crippen molar-refractivity contribution in [1.29, 1.82) is 0 Å². The second-order valence-electron chi connectivity index (χ2n) is 5.90. The van der Waals surface area contributed by atoms with E-state index in [9.17, 15) is 18.0 Å². The van der Waals surface area contributed by atoms with Crippen molar-refractivity contribution in [3.8, 4) is 0 Å².